The molecule has 4 aromatic rings. The second-order valence-corrected chi connectivity index (χ2v) is 8.14. The van der Waals surface area contributed by atoms with Gasteiger partial charge in [0.15, 0.2) is 10.7 Å². The first-order chi connectivity index (χ1) is 14.0. The van der Waals surface area contributed by atoms with Gasteiger partial charge in [0.1, 0.15) is 5.52 Å². The standard InChI is InChI=1S/C22H16IN3O2S/c1-13-4-2-5-14(10-13)20(27)26-22(29)24-17-8-9-19-18(12-17)25-21(28-19)15-6-3-7-16(23)11-15/h2-12H,1H3,(H2,24,26,27,29). The van der Waals surface area contributed by atoms with Gasteiger partial charge in [0, 0.05) is 20.4 Å². The Morgan fingerprint density at radius 1 is 1.07 bits per heavy atom. The Kier molecular flexibility index (Phi) is 5.59. The molecule has 1 aromatic heterocycles. The molecule has 0 unspecified atom stereocenters. The zero-order valence-corrected chi connectivity index (χ0v) is 18.4. The van der Waals surface area contributed by atoms with Crippen molar-refractivity contribution in [2.24, 2.45) is 0 Å². The number of nitrogens with zero attached hydrogens (tertiary/aromatic N) is 1. The molecule has 144 valence electrons. The maximum atomic E-state index is 12.3. The molecule has 0 aliphatic heterocycles. The summed E-state index contributed by atoms with van der Waals surface area (Å²) in [6.45, 7) is 1.94. The fourth-order valence-electron chi connectivity index (χ4n) is 2.87. The van der Waals surface area contributed by atoms with Crippen LogP contribution in [0.2, 0.25) is 0 Å². The summed E-state index contributed by atoms with van der Waals surface area (Å²) in [5.74, 6) is 0.306. The Hall–Kier alpha value is -2.78. The average molecular weight is 513 g/mol. The summed E-state index contributed by atoms with van der Waals surface area (Å²) in [6, 6.07) is 20.8. The van der Waals surface area contributed by atoms with Crippen molar-refractivity contribution in [3.8, 4) is 11.5 Å². The number of benzene rings is 3. The number of nitrogens with one attached hydrogen (secondary N) is 2. The van der Waals surface area contributed by atoms with Crippen LogP contribution in [0.5, 0.6) is 0 Å². The summed E-state index contributed by atoms with van der Waals surface area (Å²) in [6.07, 6.45) is 0. The number of hydrogen-bond acceptors (Lipinski definition) is 4. The molecule has 5 nitrogen and oxygen atoms in total. The molecular formula is C22H16IN3O2S. The molecule has 4 rings (SSSR count). The van der Waals surface area contributed by atoms with Crippen molar-refractivity contribution in [3.05, 3.63) is 81.4 Å². The van der Waals surface area contributed by atoms with Crippen LogP contribution >= 0.6 is 34.8 Å². The molecule has 0 fully saturated rings. The molecule has 0 aliphatic rings. The first-order valence-corrected chi connectivity index (χ1v) is 10.3. The van der Waals surface area contributed by atoms with E-state index in [4.69, 9.17) is 16.6 Å². The number of carbonyl (C=O) groups excluding carboxylic acids is 1. The first kappa shape index (κ1) is 19.5. The molecule has 0 spiro atoms. The summed E-state index contributed by atoms with van der Waals surface area (Å²) >= 11 is 7.53. The Labute approximate surface area is 186 Å². The van der Waals surface area contributed by atoms with Gasteiger partial charge in [0.25, 0.3) is 5.91 Å². The minimum absolute atomic E-state index is 0.220. The van der Waals surface area contributed by atoms with Crippen LogP contribution in [-0.2, 0) is 0 Å². The quantitative estimate of drug-likeness (QED) is 0.279. The van der Waals surface area contributed by atoms with Gasteiger partial charge in [-0.15, -0.1) is 0 Å². The number of aryl methyl sites for hydroxylation is 1. The molecule has 0 atom stereocenters. The molecule has 0 aliphatic carbocycles. The smallest absolute Gasteiger partial charge is 0.257 e. The van der Waals surface area contributed by atoms with Crippen LogP contribution in [0, 0.1) is 10.5 Å². The van der Waals surface area contributed by atoms with E-state index in [1.807, 2.05) is 67.6 Å². The van der Waals surface area contributed by atoms with E-state index >= 15 is 0 Å². The van der Waals surface area contributed by atoms with E-state index in [2.05, 4.69) is 38.2 Å². The second-order valence-electron chi connectivity index (χ2n) is 6.49. The third kappa shape index (κ3) is 4.63. The highest BCUT2D eigenvalue weighted by molar-refractivity contribution is 14.1. The highest BCUT2D eigenvalue weighted by atomic mass is 127. The Bertz CT molecular complexity index is 1240. The van der Waals surface area contributed by atoms with Crippen molar-refractivity contribution in [2.75, 3.05) is 5.32 Å². The van der Waals surface area contributed by atoms with Crippen molar-refractivity contribution in [1.29, 1.82) is 0 Å². The lowest BCUT2D eigenvalue weighted by Crippen LogP contribution is -2.34. The van der Waals surface area contributed by atoms with Gasteiger partial charge in [-0.25, -0.2) is 4.98 Å². The van der Waals surface area contributed by atoms with Gasteiger partial charge in [-0.2, -0.15) is 0 Å². The fraction of sp³-hybridized carbons (Fsp3) is 0.0455. The summed E-state index contributed by atoms with van der Waals surface area (Å²) in [7, 11) is 0. The number of rotatable bonds is 3. The lowest BCUT2D eigenvalue weighted by atomic mass is 10.1. The molecule has 0 bridgehead atoms. The number of halogens is 1. The van der Waals surface area contributed by atoms with Crippen LogP contribution in [0.3, 0.4) is 0 Å². The number of aromatic nitrogens is 1. The molecule has 29 heavy (non-hydrogen) atoms. The lowest BCUT2D eigenvalue weighted by molar-refractivity contribution is 0.0977. The molecule has 1 heterocycles. The van der Waals surface area contributed by atoms with Crippen LogP contribution < -0.4 is 10.6 Å². The van der Waals surface area contributed by atoms with Crippen LogP contribution in [0.4, 0.5) is 5.69 Å². The maximum absolute atomic E-state index is 12.3. The van der Waals surface area contributed by atoms with Crippen molar-refractivity contribution in [2.45, 2.75) is 6.92 Å². The molecule has 0 radical (unpaired) electrons. The number of amides is 1. The molecule has 1 amide bonds. The third-order valence-electron chi connectivity index (χ3n) is 4.22. The second kappa shape index (κ2) is 8.30. The summed E-state index contributed by atoms with van der Waals surface area (Å²) in [5, 5.41) is 5.94. The first-order valence-electron chi connectivity index (χ1n) is 8.83. The number of oxazole rings is 1. The van der Waals surface area contributed by atoms with Gasteiger partial charge >= 0.3 is 0 Å². The predicted octanol–water partition coefficient (Wildman–Crippen LogP) is 5.53. The van der Waals surface area contributed by atoms with E-state index in [1.54, 1.807) is 6.07 Å². The van der Waals surface area contributed by atoms with E-state index in [0.717, 1.165) is 20.4 Å². The van der Waals surface area contributed by atoms with Crippen molar-refractivity contribution in [3.63, 3.8) is 0 Å². The predicted molar refractivity (Wildman–Crippen MR) is 127 cm³/mol. The zero-order chi connectivity index (χ0) is 20.4. The summed E-state index contributed by atoms with van der Waals surface area (Å²) < 4.78 is 6.97. The SMILES string of the molecule is Cc1cccc(C(=O)NC(=S)Nc2ccc3oc(-c4cccc(I)c4)nc3c2)c1. The zero-order valence-electron chi connectivity index (χ0n) is 15.4. The highest BCUT2D eigenvalue weighted by Crippen LogP contribution is 2.27. The van der Waals surface area contributed by atoms with Gasteiger partial charge in [-0.3, -0.25) is 10.1 Å². The average Bonchev–Trinajstić information content (AvgIpc) is 3.11. The van der Waals surface area contributed by atoms with Gasteiger partial charge in [-0.05, 0) is 90.3 Å². The summed E-state index contributed by atoms with van der Waals surface area (Å²) in [5.41, 5.74) is 4.59. The van der Waals surface area contributed by atoms with Gasteiger partial charge < -0.3 is 9.73 Å². The van der Waals surface area contributed by atoms with Crippen LogP contribution in [-0.4, -0.2) is 16.0 Å². The Morgan fingerprint density at radius 3 is 2.69 bits per heavy atom. The third-order valence-corrected chi connectivity index (χ3v) is 5.10. The molecule has 0 saturated heterocycles. The number of fused-ring (bicyclic) bond motifs is 1. The van der Waals surface area contributed by atoms with Crippen molar-refractivity contribution >= 4 is 62.6 Å². The molecule has 7 heteroatoms. The van der Waals surface area contributed by atoms with Crippen LogP contribution in [0.1, 0.15) is 15.9 Å². The maximum Gasteiger partial charge on any atom is 0.257 e. The van der Waals surface area contributed by atoms with Crippen molar-refractivity contribution in [1.82, 2.24) is 10.3 Å². The van der Waals surface area contributed by atoms with E-state index in [1.165, 1.54) is 0 Å². The number of anilines is 1. The number of thiocarbonyl (C=S) groups is 1. The van der Waals surface area contributed by atoms with Gasteiger partial charge in [-0.1, -0.05) is 23.8 Å². The lowest BCUT2D eigenvalue weighted by Gasteiger charge is -2.09. The van der Waals surface area contributed by atoms with Crippen LogP contribution in [0.25, 0.3) is 22.6 Å². The molecule has 0 saturated carbocycles. The van der Waals surface area contributed by atoms with E-state index in [0.29, 0.717) is 22.6 Å². The van der Waals surface area contributed by atoms with Crippen molar-refractivity contribution < 1.29 is 9.21 Å². The van der Waals surface area contributed by atoms with Crippen LogP contribution in [0.15, 0.2) is 71.1 Å². The van der Waals surface area contributed by atoms with E-state index in [-0.39, 0.29) is 11.0 Å². The minimum Gasteiger partial charge on any atom is -0.436 e. The van der Waals surface area contributed by atoms with Gasteiger partial charge in [0.05, 0.1) is 0 Å². The summed E-state index contributed by atoms with van der Waals surface area (Å²) in [4.78, 5) is 16.9. The number of hydrogen-bond donors (Lipinski definition) is 2. The Morgan fingerprint density at radius 2 is 1.90 bits per heavy atom. The molecule has 2 N–H and O–H groups in total. The molecular weight excluding hydrogens is 497 g/mol. The van der Waals surface area contributed by atoms with Gasteiger partial charge in [0.2, 0.25) is 5.89 Å². The monoisotopic (exact) mass is 513 g/mol. The normalized spacial score (nSPS) is 10.7. The van der Waals surface area contributed by atoms with E-state index < -0.39 is 0 Å². The largest absolute Gasteiger partial charge is 0.436 e. The fourth-order valence-corrected chi connectivity index (χ4v) is 3.63. The topological polar surface area (TPSA) is 67.2 Å². The highest BCUT2D eigenvalue weighted by Gasteiger charge is 2.11. The number of carbonyl (C=O) groups is 1. The molecule has 3 aromatic carbocycles. The Balaban J connectivity index is 1.49. The minimum atomic E-state index is -0.255. The van der Waals surface area contributed by atoms with E-state index in [9.17, 15) is 4.79 Å².